The summed E-state index contributed by atoms with van der Waals surface area (Å²) in [5.41, 5.74) is 1.89. The molecule has 0 aliphatic heterocycles. The first-order valence-corrected chi connectivity index (χ1v) is 4.23. The highest BCUT2D eigenvalue weighted by Crippen LogP contribution is 2.06. The van der Waals surface area contributed by atoms with Crippen LogP contribution in [0.5, 0.6) is 0 Å². The molecule has 0 spiro atoms. The minimum absolute atomic E-state index is 0.470. The highest BCUT2D eigenvalue weighted by atomic mass is 16.6. The molecule has 0 aliphatic rings. The standard InChI is InChI=1S/C11H11NO2/c1-10(7-8-12(13)14)9-11-5-3-2-4-6-11/h2-9H,1H3/b8-7+,10-9+. The molecule has 0 bridgehead atoms. The molecule has 0 saturated heterocycles. The van der Waals surface area contributed by atoms with E-state index in [9.17, 15) is 10.1 Å². The van der Waals surface area contributed by atoms with Crippen LogP contribution in [0.15, 0.2) is 48.2 Å². The minimum atomic E-state index is -0.470. The first-order chi connectivity index (χ1) is 6.68. The van der Waals surface area contributed by atoms with E-state index in [1.54, 1.807) is 0 Å². The fraction of sp³-hybridized carbons (Fsp3) is 0.0909. The van der Waals surface area contributed by atoms with Gasteiger partial charge in [-0.25, -0.2) is 0 Å². The van der Waals surface area contributed by atoms with Crippen LogP contribution < -0.4 is 0 Å². The Morgan fingerprint density at radius 2 is 2.00 bits per heavy atom. The fourth-order valence-electron chi connectivity index (χ4n) is 1.04. The molecule has 0 amide bonds. The van der Waals surface area contributed by atoms with E-state index in [1.807, 2.05) is 43.3 Å². The van der Waals surface area contributed by atoms with Crippen LogP contribution in [0.2, 0.25) is 0 Å². The van der Waals surface area contributed by atoms with Crippen molar-refractivity contribution in [3.8, 4) is 0 Å². The molecule has 0 fully saturated rings. The van der Waals surface area contributed by atoms with Crippen LogP contribution in [0, 0.1) is 10.1 Å². The normalized spacial score (nSPS) is 11.9. The molecule has 0 aromatic heterocycles. The lowest BCUT2D eigenvalue weighted by molar-refractivity contribution is -0.402. The summed E-state index contributed by atoms with van der Waals surface area (Å²) in [6.45, 7) is 1.83. The lowest BCUT2D eigenvalue weighted by atomic mass is 10.1. The van der Waals surface area contributed by atoms with Gasteiger partial charge in [-0.3, -0.25) is 10.1 Å². The van der Waals surface area contributed by atoms with Crippen LogP contribution in [0.25, 0.3) is 6.08 Å². The number of hydrogen-bond donors (Lipinski definition) is 0. The summed E-state index contributed by atoms with van der Waals surface area (Å²) in [6.07, 6.45) is 4.31. The van der Waals surface area contributed by atoms with E-state index in [0.29, 0.717) is 0 Å². The van der Waals surface area contributed by atoms with Crippen molar-refractivity contribution in [2.45, 2.75) is 6.92 Å². The van der Waals surface area contributed by atoms with Gasteiger partial charge in [-0.1, -0.05) is 36.4 Å². The number of rotatable bonds is 3. The molecular weight excluding hydrogens is 178 g/mol. The third-order valence-electron chi connectivity index (χ3n) is 1.65. The molecule has 1 aromatic rings. The molecule has 3 nitrogen and oxygen atoms in total. The van der Waals surface area contributed by atoms with Gasteiger partial charge in [0, 0.05) is 6.08 Å². The van der Waals surface area contributed by atoms with Gasteiger partial charge in [0.2, 0.25) is 6.20 Å². The van der Waals surface area contributed by atoms with Crippen molar-refractivity contribution in [1.29, 1.82) is 0 Å². The summed E-state index contributed by atoms with van der Waals surface area (Å²) >= 11 is 0. The third kappa shape index (κ3) is 3.67. The molecule has 0 N–H and O–H groups in total. The maximum atomic E-state index is 10.0. The molecule has 3 heteroatoms. The van der Waals surface area contributed by atoms with Crippen molar-refractivity contribution >= 4 is 6.08 Å². The lowest BCUT2D eigenvalue weighted by Crippen LogP contribution is -1.82. The number of benzene rings is 1. The number of allylic oxidation sites excluding steroid dienone is 2. The van der Waals surface area contributed by atoms with Crippen LogP contribution in [0.4, 0.5) is 0 Å². The van der Waals surface area contributed by atoms with Gasteiger partial charge in [-0.15, -0.1) is 0 Å². The van der Waals surface area contributed by atoms with E-state index in [0.717, 1.165) is 17.3 Å². The van der Waals surface area contributed by atoms with Crippen molar-refractivity contribution in [3.05, 3.63) is 63.9 Å². The molecule has 0 radical (unpaired) electrons. The molecule has 1 aromatic carbocycles. The highest BCUT2D eigenvalue weighted by Gasteiger charge is 1.89. The maximum Gasteiger partial charge on any atom is 0.234 e. The molecule has 0 atom stereocenters. The Hall–Kier alpha value is -1.90. The maximum absolute atomic E-state index is 10.0. The van der Waals surface area contributed by atoms with Gasteiger partial charge in [-0.2, -0.15) is 0 Å². The van der Waals surface area contributed by atoms with Crippen molar-refractivity contribution in [3.63, 3.8) is 0 Å². The molecule has 72 valence electrons. The first-order valence-electron chi connectivity index (χ1n) is 4.23. The molecule has 0 unspecified atom stereocenters. The average Bonchev–Trinajstić information content (AvgIpc) is 2.16. The molecule has 0 heterocycles. The second-order valence-corrected chi connectivity index (χ2v) is 2.90. The highest BCUT2D eigenvalue weighted by molar-refractivity contribution is 5.54. The molecule has 0 saturated carbocycles. The Labute approximate surface area is 82.5 Å². The predicted molar refractivity (Wildman–Crippen MR) is 56.2 cm³/mol. The predicted octanol–water partition coefficient (Wildman–Crippen LogP) is 2.88. The van der Waals surface area contributed by atoms with E-state index < -0.39 is 4.92 Å². The Bertz CT molecular complexity index is 366. The zero-order chi connectivity index (χ0) is 10.4. The van der Waals surface area contributed by atoms with Crippen LogP contribution in [-0.4, -0.2) is 4.92 Å². The molecule has 0 aliphatic carbocycles. The van der Waals surface area contributed by atoms with E-state index in [1.165, 1.54) is 6.08 Å². The summed E-state index contributed by atoms with van der Waals surface area (Å²) in [4.78, 5) is 9.58. The van der Waals surface area contributed by atoms with Crippen molar-refractivity contribution in [1.82, 2.24) is 0 Å². The lowest BCUT2D eigenvalue weighted by Gasteiger charge is -1.92. The average molecular weight is 189 g/mol. The number of nitro groups is 1. The van der Waals surface area contributed by atoms with Crippen LogP contribution in [-0.2, 0) is 0 Å². The second-order valence-electron chi connectivity index (χ2n) is 2.90. The summed E-state index contributed by atoms with van der Waals surface area (Å²) in [5, 5.41) is 10.0. The Morgan fingerprint density at radius 3 is 2.57 bits per heavy atom. The molecule has 14 heavy (non-hydrogen) atoms. The van der Waals surface area contributed by atoms with Crippen molar-refractivity contribution in [2.75, 3.05) is 0 Å². The van der Waals surface area contributed by atoms with Gasteiger partial charge >= 0.3 is 0 Å². The van der Waals surface area contributed by atoms with Gasteiger partial charge in [0.05, 0.1) is 4.92 Å². The van der Waals surface area contributed by atoms with E-state index >= 15 is 0 Å². The SMILES string of the molecule is CC(/C=C/[N+](=O)[O-])=C\c1ccccc1. The third-order valence-corrected chi connectivity index (χ3v) is 1.65. The van der Waals surface area contributed by atoms with Crippen LogP contribution >= 0.6 is 0 Å². The second kappa shape index (κ2) is 4.97. The van der Waals surface area contributed by atoms with Crippen LogP contribution in [0.1, 0.15) is 12.5 Å². The van der Waals surface area contributed by atoms with E-state index in [2.05, 4.69) is 0 Å². The summed E-state index contributed by atoms with van der Waals surface area (Å²) < 4.78 is 0. The van der Waals surface area contributed by atoms with Gasteiger partial charge < -0.3 is 0 Å². The quantitative estimate of drug-likeness (QED) is 0.417. The number of nitrogens with zero attached hydrogens (tertiary/aromatic N) is 1. The van der Waals surface area contributed by atoms with Gasteiger partial charge in [0.15, 0.2) is 0 Å². The molecule has 1 rings (SSSR count). The monoisotopic (exact) mass is 189 g/mol. The Kier molecular flexibility index (Phi) is 3.61. The Morgan fingerprint density at radius 1 is 1.36 bits per heavy atom. The topological polar surface area (TPSA) is 43.1 Å². The van der Waals surface area contributed by atoms with Crippen molar-refractivity contribution in [2.24, 2.45) is 0 Å². The summed E-state index contributed by atoms with van der Waals surface area (Å²) in [6, 6.07) is 9.68. The minimum Gasteiger partial charge on any atom is -0.259 e. The van der Waals surface area contributed by atoms with Gasteiger partial charge in [0.25, 0.3) is 0 Å². The fourth-order valence-corrected chi connectivity index (χ4v) is 1.04. The smallest absolute Gasteiger partial charge is 0.234 e. The zero-order valence-corrected chi connectivity index (χ0v) is 7.88. The van der Waals surface area contributed by atoms with E-state index in [4.69, 9.17) is 0 Å². The van der Waals surface area contributed by atoms with Crippen LogP contribution in [0.3, 0.4) is 0 Å². The Balaban J connectivity index is 2.74. The van der Waals surface area contributed by atoms with E-state index in [-0.39, 0.29) is 0 Å². The van der Waals surface area contributed by atoms with Crippen molar-refractivity contribution < 1.29 is 4.92 Å². The summed E-state index contributed by atoms with van der Waals surface area (Å²) in [7, 11) is 0. The number of hydrogen-bond acceptors (Lipinski definition) is 2. The largest absolute Gasteiger partial charge is 0.259 e. The van der Waals surface area contributed by atoms with Gasteiger partial charge in [0.1, 0.15) is 0 Å². The van der Waals surface area contributed by atoms with Gasteiger partial charge in [-0.05, 0) is 18.1 Å². The summed E-state index contributed by atoms with van der Waals surface area (Å²) in [5.74, 6) is 0. The first kappa shape index (κ1) is 10.2. The molecular formula is C11H11NO2. The zero-order valence-electron chi connectivity index (χ0n) is 7.88.